The normalized spacial score (nSPS) is 10.9. The van der Waals surface area contributed by atoms with Gasteiger partial charge in [-0.25, -0.2) is 0 Å². The van der Waals surface area contributed by atoms with Gasteiger partial charge in [-0.1, -0.05) is 24.3 Å². The Hall–Kier alpha value is -3.12. The Balaban J connectivity index is 1.84. The number of thioether (sulfide) groups is 1. The first-order valence-electron chi connectivity index (χ1n) is 9.09. The SMILES string of the molecule is [B]c1cccc(Cn2cc(C(=O)c3ccc(SC)cc3)c(=O)c3ccccc32)n1. The molecular formula is C23H17BN2O2S. The largest absolute Gasteiger partial charge is 0.340 e. The lowest BCUT2D eigenvalue weighted by Crippen LogP contribution is -2.21. The van der Waals surface area contributed by atoms with Gasteiger partial charge in [0.05, 0.1) is 23.3 Å². The third kappa shape index (κ3) is 3.89. The molecule has 2 radical (unpaired) electrons. The van der Waals surface area contributed by atoms with Gasteiger partial charge >= 0.3 is 0 Å². The maximum atomic E-state index is 13.1. The fraction of sp³-hybridized carbons (Fsp3) is 0.0870. The monoisotopic (exact) mass is 396 g/mol. The molecule has 0 bridgehead atoms. The Morgan fingerprint density at radius 1 is 1.03 bits per heavy atom. The first-order valence-corrected chi connectivity index (χ1v) is 10.3. The summed E-state index contributed by atoms with van der Waals surface area (Å²) in [5.74, 6) is -0.289. The second kappa shape index (κ2) is 8.09. The first kappa shape index (κ1) is 19.2. The van der Waals surface area contributed by atoms with E-state index >= 15 is 0 Å². The van der Waals surface area contributed by atoms with Gasteiger partial charge in [0.1, 0.15) is 7.85 Å². The summed E-state index contributed by atoms with van der Waals surface area (Å²) < 4.78 is 1.88. The highest BCUT2D eigenvalue weighted by Crippen LogP contribution is 2.18. The molecule has 4 rings (SSSR count). The molecule has 0 amide bonds. The van der Waals surface area contributed by atoms with Crippen molar-refractivity contribution < 1.29 is 4.79 Å². The minimum absolute atomic E-state index is 0.143. The highest BCUT2D eigenvalue weighted by atomic mass is 32.2. The summed E-state index contributed by atoms with van der Waals surface area (Å²) in [4.78, 5) is 31.6. The molecule has 4 nitrogen and oxygen atoms in total. The summed E-state index contributed by atoms with van der Waals surface area (Å²) >= 11 is 1.60. The molecule has 2 aromatic heterocycles. The van der Waals surface area contributed by atoms with Crippen molar-refractivity contribution in [2.24, 2.45) is 0 Å². The molecule has 0 saturated carbocycles. The van der Waals surface area contributed by atoms with E-state index in [-0.39, 0.29) is 16.8 Å². The molecular weight excluding hydrogens is 379 g/mol. The van der Waals surface area contributed by atoms with Crippen LogP contribution in [0.15, 0.2) is 82.6 Å². The number of carbonyl (C=O) groups excluding carboxylic acids is 1. The maximum absolute atomic E-state index is 13.1. The average molecular weight is 396 g/mol. The first-order chi connectivity index (χ1) is 14.1. The third-order valence-corrected chi connectivity index (χ3v) is 5.49. The standard InChI is InChI=1S/C23H17BN2O2S/c1-29-17-11-9-15(10-12-17)22(27)19-14-26(13-16-5-4-8-21(24)25-16)20-7-3-2-6-18(20)23(19)28/h2-12,14H,13H2,1H3. The van der Waals surface area contributed by atoms with E-state index in [0.29, 0.717) is 23.1 Å². The molecule has 29 heavy (non-hydrogen) atoms. The lowest BCUT2D eigenvalue weighted by Gasteiger charge is -2.13. The van der Waals surface area contributed by atoms with E-state index in [0.717, 1.165) is 16.1 Å². The van der Waals surface area contributed by atoms with Crippen LogP contribution in [0.4, 0.5) is 0 Å². The van der Waals surface area contributed by atoms with E-state index in [1.807, 2.05) is 47.2 Å². The van der Waals surface area contributed by atoms with Crippen molar-refractivity contribution in [2.75, 3.05) is 6.26 Å². The van der Waals surface area contributed by atoms with Crippen LogP contribution in [0.2, 0.25) is 0 Å². The van der Waals surface area contributed by atoms with Gasteiger partial charge in [0.15, 0.2) is 5.78 Å². The number of nitrogens with zero attached hydrogens (tertiary/aromatic N) is 2. The number of rotatable bonds is 5. The number of ketones is 1. The van der Waals surface area contributed by atoms with Crippen molar-refractivity contribution in [2.45, 2.75) is 11.4 Å². The van der Waals surface area contributed by atoms with Crippen LogP contribution in [0.5, 0.6) is 0 Å². The Morgan fingerprint density at radius 2 is 1.79 bits per heavy atom. The van der Waals surface area contributed by atoms with Crippen molar-refractivity contribution in [1.29, 1.82) is 0 Å². The number of fused-ring (bicyclic) bond motifs is 1. The van der Waals surface area contributed by atoms with Crippen LogP contribution < -0.4 is 11.0 Å². The van der Waals surface area contributed by atoms with Crippen molar-refractivity contribution in [3.05, 3.63) is 100.0 Å². The average Bonchev–Trinajstić information content (AvgIpc) is 2.75. The summed E-state index contributed by atoms with van der Waals surface area (Å²) in [6, 6.07) is 20.0. The smallest absolute Gasteiger partial charge is 0.200 e. The maximum Gasteiger partial charge on any atom is 0.200 e. The van der Waals surface area contributed by atoms with E-state index in [9.17, 15) is 9.59 Å². The van der Waals surface area contributed by atoms with Crippen molar-refractivity contribution >= 4 is 41.9 Å². The summed E-state index contributed by atoms with van der Waals surface area (Å²) in [6.45, 7) is 0.400. The van der Waals surface area contributed by atoms with Crippen LogP contribution in [0, 0.1) is 0 Å². The highest BCUT2D eigenvalue weighted by molar-refractivity contribution is 7.98. The van der Waals surface area contributed by atoms with Gasteiger partial charge in [-0.15, -0.1) is 11.8 Å². The molecule has 0 fully saturated rings. The van der Waals surface area contributed by atoms with Gasteiger partial charge in [0.25, 0.3) is 0 Å². The second-order valence-corrected chi connectivity index (χ2v) is 7.51. The predicted octanol–water partition coefficient (Wildman–Crippen LogP) is 3.19. The quantitative estimate of drug-likeness (QED) is 0.295. The molecule has 2 aromatic carbocycles. The third-order valence-electron chi connectivity index (χ3n) is 4.75. The molecule has 0 N–H and O–H groups in total. The number of pyridine rings is 2. The minimum Gasteiger partial charge on any atom is -0.340 e. The van der Waals surface area contributed by atoms with E-state index in [2.05, 4.69) is 4.98 Å². The molecule has 2 heterocycles. The van der Waals surface area contributed by atoms with Gasteiger partial charge in [-0.05, 0) is 54.3 Å². The van der Waals surface area contributed by atoms with Crippen LogP contribution in [0.25, 0.3) is 10.9 Å². The Labute approximate surface area is 174 Å². The predicted molar refractivity (Wildman–Crippen MR) is 119 cm³/mol. The molecule has 0 saturated heterocycles. The van der Waals surface area contributed by atoms with E-state index < -0.39 is 0 Å². The molecule has 0 atom stereocenters. The molecule has 6 heteroatoms. The molecule has 140 valence electrons. The van der Waals surface area contributed by atoms with Crippen molar-refractivity contribution in [3.8, 4) is 0 Å². The minimum atomic E-state index is -0.289. The summed E-state index contributed by atoms with van der Waals surface area (Å²) in [5.41, 5.74) is 2.29. The number of benzene rings is 2. The van der Waals surface area contributed by atoms with Crippen LogP contribution in [-0.2, 0) is 6.54 Å². The molecule has 4 aromatic rings. The number of hydrogen-bond donors (Lipinski definition) is 0. The number of para-hydroxylation sites is 1. The molecule has 0 aliphatic heterocycles. The molecule has 0 spiro atoms. The Morgan fingerprint density at radius 3 is 2.52 bits per heavy atom. The van der Waals surface area contributed by atoms with Gasteiger partial charge in [0.2, 0.25) is 5.43 Å². The molecule has 0 aliphatic rings. The van der Waals surface area contributed by atoms with E-state index in [1.54, 1.807) is 48.3 Å². The van der Waals surface area contributed by atoms with Gasteiger partial charge in [-0.3, -0.25) is 14.6 Å². The second-order valence-electron chi connectivity index (χ2n) is 6.63. The van der Waals surface area contributed by atoms with Gasteiger partial charge < -0.3 is 4.57 Å². The van der Waals surface area contributed by atoms with Crippen LogP contribution in [0.3, 0.4) is 0 Å². The lowest BCUT2D eigenvalue weighted by molar-refractivity contribution is 0.103. The number of aromatic nitrogens is 2. The lowest BCUT2D eigenvalue weighted by atomic mass is 10.0. The highest BCUT2D eigenvalue weighted by Gasteiger charge is 2.17. The summed E-state index contributed by atoms with van der Waals surface area (Å²) in [5, 5.41) is 0.503. The van der Waals surface area contributed by atoms with Crippen LogP contribution in [-0.4, -0.2) is 29.4 Å². The number of hydrogen-bond acceptors (Lipinski definition) is 4. The van der Waals surface area contributed by atoms with Crippen molar-refractivity contribution in [3.63, 3.8) is 0 Å². The van der Waals surface area contributed by atoms with Crippen LogP contribution in [0.1, 0.15) is 21.6 Å². The van der Waals surface area contributed by atoms with Gasteiger partial charge in [-0.2, -0.15) is 0 Å². The Kier molecular flexibility index (Phi) is 5.36. The zero-order valence-electron chi connectivity index (χ0n) is 15.8. The van der Waals surface area contributed by atoms with Gasteiger partial charge in [0, 0.05) is 22.0 Å². The molecule has 0 aliphatic carbocycles. The van der Waals surface area contributed by atoms with E-state index in [1.165, 1.54) is 0 Å². The summed E-state index contributed by atoms with van der Waals surface area (Å²) in [7, 11) is 5.80. The van der Waals surface area contributed by atoms with Crippen molar-refractivity contribution in [1.82, 2.24) is 9.55 Å². The summed E-state index contributed by atoms with van der Waals surface area (Å²) in [6.07, 6.45) is 3.60. The molecule has 0 unspecified atom stereocenters. The zero-order chi connectivity index (χ0) is 20.4. The fourth-order valence-electron chi connectivity index (χ4n) is 3.30. The number of carbonyl (C=O) groups is 1. The zero-order valence-corrected chi connectivity index (χ0v) is 16.6. The topological polar surface area (TPSA) is 52.0 Å². The van der Waals surface area contributed by atoms with Crippen LogP contribution >= 0.6 is 11.8 Å². The van der Waals surface area contributed by atoms with E-state index in [4.69, 9.17) is 7.85 Å². The fourth-order valence-corrected chi connectivity index (χ4v) is 3.70. The Bertz CT molecular complexity index is 1270.